The van der Waals surface area contributed by atoms with Crippen LogP contribution >= 0.6 is 12.6 Å². The van der Waals surface area contributed by atoms with Crippen LogP contribution in [-0.4, -0.2) is 58.5 Å². The lowest BCUT2D eigenvalue weighted by atomic mass is 10.1. The maximum absolute atomic E-state index is 13.9. The molecule has 1 aromatic heterocycles. The van der Waals surface area contributed by atoms with E-state index >= 15 is 0 Å². The highest BCUT2D eigenvalue weighted by atomic mass is 32.2. The molecule has 1 atom stereocenters. The maximum atomic E-state index is 13.9. The number of aliphatic carboxylic acids is 1. The number of rotatable bonds is 7. The lowest BCUT2D eigenvalue weighted by molar-refractivity contribution is -0.138. The number of nitrogens with zero attached hydrogens (tertiary/aromatic N) is 2. The minimum atomic E-state index is -4.63. The predicted molar refractivity (Wildman–Crippen MR) is 143 cm³/mol. The van der Waals surface area contributed by atoms with E-state index in [1.165, 1.54) is 36.5 Å². The van der Waals surface area contributed by atoms with E-state index in [1.54, 1.807) is 23.1 Å². The third kappa shape index (κ3) is 5.12. The lowest BCUT2D eigenvalue weighted by Crippen LogP contribution is -2.50. The van der Waals surface area contributed by atoms with Gasteiger partial charge in [0.15, 0.2) is 0 Å². The number of piperidine rings is 1. The molecule has 0 radical (unpaired) electrons. The predicted octanol–water partition coefficient (Wildman–Crippen LogP) is 4.01. The smallest absolute Gasteiger partial charge is 0.345 e. The van der Waals surface area contributed by atoms with Gasteiger partial charge < -0.3 is 20.6 Å². The molecule has 2 heterocycles. The number of para-hydroxylation sites is 1. The van der Waals surface area contributed by atoms with E-state index in [1.807, 2.05) is 0 Å². The number of thiol groups is 1. The maximum Gasteiger partial charge on any atom is 0.345 e. The lowest BCUT2D eigenvalue weighted by Gasteiger charge is -2.28. The number of likely N-dealkylation sites (tertiary alicyclic amines) is 1. The van der Waals surface area contributed by atoms with Gasteiger partial charge in [-0.05, 0) is 56.5 Å². The van der Waals surface area contributed by atoms with Crippen molar-refractivity contribution in [1.29, 1.82) is 0 Å². The Hall–Kier alpha value is -3.64. The Morgan fingerprint density at radius 1 is 1.03 bits per heavy atom. The molecule has 2 aromatic carbocycles. The summed E-state index contributed by atoms with van der Waals surface area (Å²) in [5.74, 6) is -1.86. The highest BCUT2D eigenvalue weighted by Gasteiger charge is 2.49. The molecule has 12 heteroatoms. The van der Waals surface area contributed by atoms with E-state index in [-0.39, 0.29) is 22.0 Å². The van der Waals surface area contributed by atoms with Gasteiger partial charge in [0, 0.05) is 36.0 Å². The van der Waals surface area contributed by atoms with Gasteiger partial charge in [0.1, 0.15) is 0 Å². The molecule has 0 aliphatic carbocycles. The first-order valence-corrected chi connectivity index (χ1v) is 13.5. The molecular formula is C25H26N4O6S2. The molecule has 37 heavy (non-hydrogen) atoms. The second kappa shape index (κ2) is 10.4. The highest BCUT2D eigenvalue weighted by Crippen LogP contribution is 2.33. The Morgan fingerprint density at radius 2 is 1.70 bits per heavy atom. The first kappa shape index (κ1) is 26.4. The van der Waals surface area contributed by atoms with E-state index in [0.717, 1.165) is 26.2 Å². The zero-order chi connectivity index (χ0) is 26.8. The van der Waals surface area contributed by atoms with Gasteiger partial charge in [-0.15, -0.1) is 0 Å². The number of fused-ring (bicyclic) bond motifs is 1. The van der Waals surface area contributed by atoms with Crippen molar-refractivity contribution in [1.82, 2.24) is 9.88 Å². The van der Waals surface area contributed by atoms with Crippen LogP contribution < -0.4 is 10.6 Å². The monoisotopic (exact) mass is 542 g/mol. The second-order valence-corrected chi connectivity index (χ2v) is 11.5. The summed E-state index contributed by atoms with van der Waals surface area (Å²) >= 11 is 3.65. The summed E-state index contributed by atoms with van der Waals surface area (Å²) < 4.78 is 27.8. The van der Waals surface area contributed by atoms with Gasteiger partial charge >= 0.3 is 5.97 Å². The molecule has 0 saturated carbocycles. The molecule has 1 aliphatic rings. The molecule has 1 fully saturated rings. The Labute approximate surface area is 219 Å². The van der Waals surface area contributed by atoms with Crippen LogP contribution in [0.5, 0.6) is 0 Å². The molecule has 0 spiro atoms. The number of benzene rings is 2. The SMILES string of the molecule is C[C@](Nc1cccc(NC(=O)S)c1)(C(=O)O)S(=O)(=O)c1cccc2c(C(=O)N3CCCCC3)ccnc12. The van der Waals surface area contributed by atoms with Crippen molar-refractivity contribution in [3.63, 3.8) is 0 Å². The molecule has 2 amide bonds. The van der Waals surface area contributed by atoms with Gasteiger partial charge in [-0.2, -0.15) is 0 Å². The number of carbonyl (C=O) groups is 3. The summed E-state index contributed by atoms with van der Waals surface area (Å²) in [6, 6.07) is 11.8. The highest BCUT2D eigenvalue weighted by molar-refractivity contribution is 7.96. The van der Waals surface area contributed by atoms with Crippen LogP contribution in [0.25, 0.3) is 10.9 Å². The summed E-state index contributed by atoms with van der Waals surface area (Å²) in [6.07, 6.45) is 4.20. The zero-order valence-electron chi connectivity index (χ0n) is 20.0. The molecule has 4 rings (SSSR count). The van der Waals surface area contributed by atoms with Crippen LogP contribution in [0.3, 0.4) is 0 Å². The Kier molecular flexibility index (Phi) is 7.42. The van der Waals surface area contributed by atoms with Crippen molar-refractivity contribution in [3.05, 3.63) is 60.3 Å². The van der Waals surface area contributed by atoms with Crippen molar-refractivity contribution >= 4 is 61.9 Å². The molecule has 10 nitrogen and oxygen atoms in total. The van der Waals surface area contributed by atoms with Crippen molar-refractivity contribution in [2.75, 3.05) is 23.7 Å². The number of carboxylic acids is 1. The summed E-state index contributed by atoms with van der Waals surface area (Å²) in [5, 5.41) is 14.8. The van der Waals surface area contributed by atoms with Crippen LogP contribution in [0.2, 0.25) is 0 Å². The molecular weight excluding hydrogens is 516 g/mol. The number of aromatic nitrogens is 1. The van der Waals surface area contributed by atoms with Crippen molar-refractivity contribution in [3.8, 4) is 0 Å². The van der Waals surface area contributed by atoms with Crippen LogP contribution in [0.4, 0.5) is 16.2 Å². The van der Waals surface area contributed by atoms with E-state index in [2.05, 4.69) is 28.2 Å². The quantitative estimate of drug-likeness (QED) is 0.328. The summed E-state index contributed by atoms with van der Waals surface area (Å²) in [5.41, 5.74) is 0.755. The summed E-state index contributed by atoms with van der Waals surface area (Å²) in [6.45, 7) is 2.28. The van der Waals surface area contributed by atoms with Crippen molar-refractivity contribution in [2.45, 2.75) is 36.0 Å². The molecule has 3 aromatic rings. The van der Waals surface area contributed by atoms with Crippen LogP contribution in [0, 0.1) is 0 Å². The van der Waals surface area contributed by atoms with E-state index in [0.29, 0.717) is 29.7 Å². The van der Waals surface area contributed by atoms with E-state index in [4.69, 9.17) is 0 Å². The average Bonchev–Trinajstić information content (AvgIpc) is 2.87. The van der Waals surface area contributed by atoms with Gasteiger partial charge in [0.25, 0.3) is 11.1 Å². The minimum absolute atomic E-state index is 0.00993. The minimum Gasteiger partial charge on any atom is -0.479 e. The number of hydrogen-bond donors (Lipinski definition) is 4. The standard InChI is InChI=1S/C25H26N4O6S2/c1-25(23(31)32,28-17-8-5-7-16(15-17)27-24(33)36)37(34,35)20-10-6-9-18-19(11-12-26-21(18)20)22(30)29-13-3-2-4-14-29/h5-12,15,28H,2-4,13-14H2,1H3,(H,31,32)(H2,27,33,36)/t25-/m1/s1. The Morgan fingerprint density at radius 3 is 2.38 bits per heavy atom. The average molecular weight is 543 g/mol. The van der Waals surface area contributed by atoms with Crippen LogP contribution in [0.15, 0.2) is 59.6 Å². The molecule has 0 bridgehead atoms. The fourth-order valence-corrected chi connectivity index (χ4v) is 6.07. The number of amides is 2. The largest absolute Gasteiger partial charge is 0.479 e. The second-order valence-electron chi connectivity index (χ2n) is 8.84. The third-order valence-corrected chi connectivity index (χ3v) is 8.71. The number of nitrogens with one attached hydrogen (secondary N) is 2. The molecule has 3 N–H and O–H groups in total. The fraction of sp³-hybridized carbons (Fsp3) is 0.280. The molecule has 194 valence electrons. The van der Waals surface area contributed by atoms with Gasteiger partial charge in [0.2, 0.25) is 14.7 Å². The summed E-state index contributed by atoms with van der Waals surface area (Å²) in [4.78, 5) is 40.1. The number of pyridine rings is 1. The van der Waals surface area contributed by atoms with Gasteiger partial charge in [-0.1, -0.05) is 30.8 Å². The van der Waals surface area contributed by atoms with Crippen LogP contribution in [-0.2, 0) is 14.6 Å². The molecule has 1 aliphatic heterocycles. The first-order valence-electron chi connectivity index (χ1n) is 11.6. The fourth-order valence-electron chi connectivity index (χ4n) is 4.35. The van der Waals surface area contributed by atoms with Gasteiger partial charge in [-0.3, -0.25) is 14.6 Å². The number of hydrogen-bond acceptors (Lipinski definition) is 7. The third-order valence-electron chi connectivity index (χ3n) is 6.34. The van der Waals surface area contributed by atoms with E-state index in [9.17, 15) is 27.9 Å². The number of carboxylic acid groups (broad SMARTS) is 1. The topological polar surface area (TPSA) is 146 Å². The number of sulfone groups is 1. The van der Waals surface area contributed by atoms with Gasteiger partial charge in [0.05, 0.1) is 16.0 Å². The number of anilines is 2. The van der Waals surface area contributed by atoms with Crippen molar-refractivity contribution < 1.29 is 27.9 Å². The first-order chi connectivity index (χ1) is 17.5. The normalized spacial score (nSPS) is 15.6. The molecule has 0 unspecified atom stereocenters. The van der Waals surface area contributed by atoms with E-state index < -0.39 is 25.9 Å². The summed E-state index contributed by atoms with van der Waals surface area (Å²) in [7, 11) is -4.63. The van der Waals surface area contributed by atoms with Gasteiger partial charge in [-0.25, -0.2) is 13.2 Å². The number of carbonyl (C=O) groups excluding carboxylic acids is 2. The Balaban J connectivity index is 1.79. The Bertz CT molecular complexity index is 1490. The van der Waals surface area contributed by atoms with Crippen molar-refractivity contribution in [2.24, 2.45) is 0 Å². The molecule has 1 saturated heterocycles. The zero-order valence-corrected chi connectivity index (χ0v) is 21.7. The van der Waals surface area contributed by atoms with Crippen LogP contribution in [0.1, 0.15) is 36.5 Å².